The molecular weight excluding hydrogens is 274 g/mol. The summed E-state index contributed by atoms with van der Waals surface area (Å²) in [5, 5.41) is 0. The second-order valence-corrected chi connectivity index (χ2v) is 4.55. The number of pyridine rings is 1. The average Bonchev–Trinajstić information content (AvgIpc) is 2.34. The Bertz CT molecular complexity index is 248. The Morgan fingerprint density at radius 3 is 2.12 bits per heavy atom. The second-order valence-electron chi connectivity index (χ2n) is 4.55. The molecule has 0 aliphatic rings. The number of hydrogen-bond acceptors (Lipinski definition) is 1. The molecule has 0 aliphatic carbocycles. The van der Waals surface area contributed by atoms with Gasteiger partial charge in [0.1, 0.15) is 0 Å². The summed E-state index contributed by atoms with van der Waals surface area (Å²) >= 11 is 0. The first-order chi connectivity index (χ1) is 7.93. The van der Waals surface area contributed by atoms with Gasteiger partial charge in [0.05, 0.1) is 0 Å². The summed E-state index contributed by atoms with van der Waals surface area (Å²) in [4.78, 5) is 4.34. The molecule has 0 radical (unpaired) electrons. The second kappa shape index (κ2) is 12.1. The van der Waals surface area contributed by atoms with Crippen LogP contribution in [0.1, 0.15) is 64.0 Å². The van der Waals surface area contributed by atoms with E-state index in [1.807, 2.05) is 12.3 Å². The van der Waals surface area contributed by atoms with Crippen LogP contribution in [0.5, 0.6) is 0 Å². The van der Waals surface area contributed by atoms with E-state index in [0.29, 0.717) is 0 Å². The largest absolute Gasteiger partial charge is 0.261 e. The minimum atomic E-state index is 0. The van der Waals surface area contributed by atoms with Gasteiger partial charge >= 0.3 is 0 Å². The molecule has 0 spiro atoms. The predicted octanol–water partition coefficient (Wildman–Crippen LogP) is 5.34. The standard InChI is InChI=1S/C15H25N.BrH/c1-2-3-4-5-6-7-8-9-12-15-13-10-11-14-16-15;/h10-11,13-14H,2-9,12H2,1H3;1H. The fourth-order valence-corrected chi connectivity index (χ4v) is 1.99. The SMILES string of the molecule is Br.CCCCCCCCCCc1ccccn1. The molecule has 0 bridgehead atoms. The van der Waals surface area contributed by atoms with Gasteiger partial charge in [-0.2, -0.15) is 0 Å². The Hall–Kier alpha value is -0.370. The Labute approximate surface area is 117 Å². The summed E-state index contributed by atoms with van der Waals surface area (Å²) in [5.74, 6) is 0. The Morgan fingerprint density at radius 2 is 1.53 bits per heavy atom. The monoisotopic (exact) mass is 299 g/mol. The van der Waals surface area contributed by atoms with Crippen LogP contribution in [-0.2, 0) is 6.42 Å². The van der Waals surface area contributed by atoms with Crippen LogP contribution in [-0.4, -0.2) is 4.98 Å². The lowest BCUT2D eigenvalue weighted by molar-refractivity contribution is 0.574. The molecule has 1 aromatic rings. The highest BCUT2D eigenvalue weighted by molar-refractivity contribution is 8.93. The number of aryl methyl sites for hydroxylation is 1. The lowest BCUT2D eigenvalue weighted by Gasteiger charge is -2.01. The highest BCUT2D eigenvalue weighted by Gasteiger charge is 1.94. The molecule has 2 heteroatoms. The number of aromatic nitrogens is 1. The highest BCUT2D eigenvalue weighted by atomic mass is 79.9. The van der Waals surface area contributed by atoms with Crippen LogP contribution in [0, 0.1) is 0 Å². The van der Waals surface area contributed by atoms with Gasteiger partial charge in [-0.3, -0.25) is 4.98 Å². The molecule has 0 aromatic carbocycles. The van der Waals surface area contributed by atoms with Crippen LogP contribution in [0.3, 0.4) is 0 Å². The average molecular weight is 300 g/mol. The molecule has 1 nitrogen and oxygen atoms in total. The van der Waals surface area contributed by atoms with Gasteiger partial charge in [-0.25, -0.2) is 0 Å². The van der Waals surface area contributed by atoms with Crippen molar-refractivity contribution in [3.05, 3.63) is 30.1 Å². The maximum Gasteiger partial charge on any atom is 0.0403 e. The minimum absolute atomic E-state index is 0. The normalized spacial score (nSPS) is 9.94. The van der Waals surface area contributed by atoms with Crippen molar-refractivity contribution in [2.45, 2.75) is 64.7 Å². The highest BCUT2D eigenvalue weighted by Crippen LogP contribution is 2.10. The molecule has 1 rings (SSSR count). The fourth-order valence-electron chi connectivity index (χ4n) is 1.99. The van der Waals surface area contributed by atoms with E-state index in [2.05, 4.69) is 24.0 Å². The first-order valence-corrected chi connectivity index (χ1v) is 6.83. The molecule has 0 unspecified atom stereocenters. The molecule has 0 aliphatic heterocycles. The topological polar surface area (TPSA) is 12.9 Å². The van der Waals surface area contributed by atoms with Crippen molar-refractivity contribution in [2.75, 3.05) is 0 Å². The van der Waals surface area contributed by atoms with Crippen LogP contribution in [0.4, 0.5) is 0 Å². The van der Waals surface area contributed by atoms with Crippen molar-refractivity contribution >= 4 is 17.0 Å². The van der Waals surface area contributed by atoms with Crippen LogP contribution < -0.4 is 0 Å². The van der Waals surface area contributed by atoms with Gasteiger partial charge in [-0.15, -0.1) is 17.0 Å². The molecule has 17 heavy (non-hydrogen) atoms. The maximum absolute atomic E-state index is 4.34. The van der Waals surface area contributed by atoms with Gasteiger partial charge in [-0.1, -0.05) is 57.9 Å². The number of hydrogen-bond donors (Lipinski definition) is 0. The number of rotatable bonds is 9. The van der Waals surface area contributed by atoms with E-state index >= 15 is 0 Å². The van der Waals surface area contributed by atoms with E-state index in [1.165, 1.54) is 57.1 Å². The third-order valence-electron chi connectivity index (χ3n) is 3.01. The molecule has 0 fully saturated rings. The van der Waals surface area contributed by atoms with Gasteiger partial charge in [0.25, 0.3) is 0 Å². The van der Waals surface area contributed by atoms with Gasteiger partial charge in [0.2, 0.25) is 0 Å². The molecule has 0 N–H and O–H groups in total. The van der Waals surface area contributed by atoms with E-state index in [4.69, 9.17) is 0 Å². The van der Waals surface area contributed by atoms with Crippen molar-refractivity contribution < 1.29 is 0 Å². The quantitative estimate of drug-likeness (QED) is 0.561. The maximum atomic E-state index is 4.34. The van der Waals surface area contributed by atoms with Crippen LogP contribution in [0.2, 0.25) is 0 Å². The first-order valence-electron chi connectivity index (χ1n) is 6.83. The van der Waals surface area contributed by atoms with E-state index < -0.39 is 0 Å². The molecule has 0 amide bonds. The van der Waals surface area contributed by atoms with Gasteiger partial charge in [0, 0.05) is 11.9 Å². The lowest BCUT2D eigenvalue weighted by Crippen LogP contribution is -1.89. The van der Waals surface area contributed by atoms with Gasteiger partial charge in [0.15, 0.2) is 0 Å². The fraction of sp³-hybridized carbons (Fsp3) is 0.667. The summed E-state index contributed by atoms with van der Waals surface area (Å²) in [7, 11) is 0. The zero-order valence-electron chi connectivity index (χ0n) is 11.0. The zero-order chi connectivity index (χ0) is 11.5. The van der Waals surface area contributed by atoms with Crippen molar-refractivity contribution in [3.8, 4) is 0 Å². The Balaban J connectivity index is 0.00000256. The molecular formula is C15H26BrN. The van der Waals surface area contributed by atoms with Gasteiger partial charge < -0.3 is 0 Å². The number of unbranched alkanes of at least 4 members (excludes halogenated alkanes) is 7. The van der Waals surface area contributed by atoms with Crippen LogP contribution in [0.25, 0.3) is 0 Å². The summed E-state index contributed by atoms with van der Waals surface area (Å²) in [6, 6.07) is 6.19. The van der Waals surface area contributed by atoms with Crippen LogP contribution >= 0.6 is 17.0 Å². The Morgan fingerprint density at radius 1 is 0.882 bits per heavy atom. The molecule has 98 valence electrons. The summed E-state index contributed by atoms with van der Waals surface area (Å²) in [6.07, 6.45) is 14.1. The van der Waals surface area contributed by atoms with E-state index in [0.717, 1.165) is 6.42 Å². The minimum Gasteiger partial charge on any atom is -0.261 e. The summed E-state index contributed by atoms with van der Waals surface area (Å²) < 4.78 is 0. The molecule has 1 aromatic heterocycles. The molecule has 0 saturated carbocycles. The summed E-state index contributed by atoms with van der Waals surface area (Å²) in [6.45, 7) is 2.27. The predicted molar refractivity (Wildman–Crippen MR) is 80.9 cm³/mol. The number of nitrogens with zero attached hydrogens (tertiary/aromatic N) is 1. The molecule has 0 atom stereocenters. The van der Waals surface area contributed by atoms with Crippen molar-refractivity contribution in [2.24, 2.45) is 0 Å². The first kappa shape index (κ1) is 16.6. The van der Waals surface area contributed by atoms with Crippen LogP contribution in [0.15, 0.2) is 24.4 Å². The van der Waals surface area contributed by atoms with E-state index in [9.17, 15) is 0 Å². The molecule has 1 heterocycles. The number of halogens is 1. The van der Waals surface area contributed by atoms with E-state index in [-0.39, 0.29) is 17.0 Å². The third-order valence-corrected chi connectivity index (χ3v) is 3.01. The molecule has 0 saturated heterocycles. The van der Waals surface area contributed by atoms with Gasteiger partial charge in [-0.05, 0) is 25.0 Å². The zero-order valence-corrected chi connectivity index (χ0v) is 12.7. The Kier molecular flexibility index (Phi) is 11.8. The third kappa shape index (κ3) is 9.34. The van der Waals surface area contributed by atoms with Crippen molar-refractivity contribution in [1.29, 1.82) is 0 Å². The van der Waals surface area contributed by atoms with Crippen molar-refractivity contribution in [1.82, 2.24) is 4.98 Å². The lowest BCUT2D eigenvalue weighted by atomic mass is 10.1. The van der Waals surface area contributed by atoms with E-state index in [1.54, 1.807) is 0 Å². The summed E-state index contributed by atoms with van der Waals surface area (Å²) in [5.41, 5.74) is 1.24. The smallest absolute Gasteiger partial charge is 0.0403 e. The van der Waals surface area contributed by atoms with Crippen molar-refractivity contribution in [3.63, 3.8) is 0 Å².